The van der Waals surface area contributed by atoms with Crippen molar-refractivity contribution in [3.63, 3.8) is 0 Å². The summed E-state index contributed by atoms with van der Waals surface area (Å²) < 4.78 is 51.2. The Hall–Kier alpha value is -1.70. The third-order valence-corrected chi connectivity index (χ3v) is 3.04. The Morgan fingerprint density at radius 1 is 1.32 bits per heavy atom. The van der Waals surface area contributed by atoms with Gasteiger partial charge in [0.2, 0.25) is 0 Å². The van der Waals surface area contributed by atoms with E-state index in [1.807, 2.05) is 0 Å². The highest BCUT2D eigenvalue weighted by Gasteiger charge is 2.34. The fourth-order valence-electron chi connectivity index (χ4n) is 1.57. The third-order valence-electron chi connectivity index (χ3n) is 2.38. The van der Waals surface area contributed by atoms with Gasteiger partial charge in [0.1, 0.15) is 17.1 Å². The molecule has 19 heavy (non-hydrogen) atoms. The van der Waals surface area contributed by atoms with Gasteiger partial charge in [-0.05, 0) is 18.2 Å². The highest BCUT2D eigenvalue weighted by Crippen LogP contribution is 2.34. The zero-order valence-electron chi connectivity index (χ0n) is 8.92. The van der Waals surface area contributed by atoms with Gasteiger partial charge in [0.15, 0.2) is 0 Å². The number of nitrogens with zero attached hydrogens (tertiary/aromatic N) is 1. The number of carbonyl (C=O) groups is 1. The zero-order valence-corrected chi connectivity index (χ0v) is 10.5. The Morgan fingerprint density at radius 3 is 2.47 bits per heavy atom. The molecule has 0 amide bonds. The van der Waals surface area contributed by atoms with Crippen LogP contribution in [-0.4, -0.2) is 16.1 Å². The van der Waals surface area contributed by atoms with Crippen LogP contribution in [0.5, 0.6) is 0 Å². The van der Waals surface area contributed by atoms with Gasteiger partial charge in [-0.3, -0.25) is 0 Å². The molecule has 0 aliphatic rings. The van der Waals surface area contributed by atoms with Gasteiger partial charge in [-0.25, -0.2) is 14.2 Å². The van der Waals surface area contributed by atoms with E-state index in [0.29, 0.717) is 6.07 Å². The van der Waals surface area contributed by atoms with Crippen molar-refractivity contribution in [3.05, 3.63) is 39.7 Å². The Morgan fingerprint density at radius 2 is 1.95 bits per heavy atom. The molecule has 8 heteroatoms. The topological polar surface area (TPSA) is 50.2 Å². The minimum atomic E-state index is -4.75. The van der Waals surface area contributed by atoms with Crippen molar-refractivity contribution in [2.45, 2.75) is 6.18 Å². The molecule has 0 bridgehead atoms. The summed E-state index contributed by atoms with van der Waals surface area (Å²) in [5.74, 6) is -2.82. The predicted molar refractivity (Wildman–Crippen MR) is 61.4 cm³/mol. The summed E-state index contributed by atoms with van der Waals surface area (Å²) in [6.07, 6.45) is -4.75. The average Bonchev–Trinajstić information content (AvgIpc) is 2.26. The van der Waals surface area contributed by atoms with Gasteiger partial charge in [0.25, 0.3) is 0 Å². The minimum Gasteiger partial charge on any atom is -0.478 e. The largest absolute Gasteiger partial charge is 0.478 e. The van der Waals surface area contributed by atoms with E-state index in [-0.39, 0.29) is 9.86 Å². The molecule has 2 rings (SSSR count). The third kappa shape index (κ3) is 2.40. The summed E-state index contributed by atoms with van der Waals surface area (Å²) in [7, 11) is 0. The SMILES string of the molecule is O=C(O)c1c(F)ccc2c(Br)cc(C(F)(F)F)nc12. The van der Waals surface area contributed by atoms with Crippen molar-refractivity contribution in [2.24, 2.45) is 0 Å². The van der Waals surface area contributed by atoms with E-state index in [4.69, 9.17) is 5.11 Å². The Kier molecular flexibility index (Phi) is 3.21. The number of carboxylic acid groups (broad SMARTS) is 1. The molecular formula is C11H4BrF4NO2. The van der Waals surface area contributed by atoms with Crippen LogP contribution in [0, 0.1) is 5.82 Å². The molecule has 2 aromatic rings. The van der Waals surface area contributed by atoms with Gasteiger partial charge in [0, 0.05) is 9.86 Å². The number of halogens is 5. The van der Waals surface area contributed by atoms with Crippen molar-refractivity contribution < 1.29 is 27.5 Å². The monoisotopic (exact) mass is 337 g/mol. The number of alkyl halides is 3. The number of pyridine rings is 1. The molecule has 0 unspecified atom stereocenters. The summed E-state index contributed by atoms with van der Waals surface area (Å²) >= 11 is 2.89. The molecule has 1 aromatic carbocycles. The van der Waals surface area contributed by atoms with Crippen LogP contribution in [0.4, 0.5) is 17.6 Å². The molecule has 0 fully saturated rings. The highest BCUT2D eigenvalue weighted by molar-refractivity contribution is 9.10. The lowest BCUT2D eigenvalue weighted by molar-refractivity contribution is -0.141. The predicted octanol–water partition coefficient (Wildman–Crippen LogP) is 3.85. The molecule has 0 radical (unpaired) electrons. The first kappa shape index (κ1) is 13.7. The van der Waals surface area contributed by atoms with E-state index in [2.05, 4.69) is 20.9 Å². The summed E-state index contributed by atoms with van der Waals surface area (Å²) in [5.41, 5.74) is -2.72. The van der Waals surface area contributed by atoms with E-state index in [1.165, 1.54) is 0 Å². The molecule has 1 aromatic heterocycles. The first-order valence-electron chi connectivity index (χ1n) is 4.81. The molecular weight excluding hydrogens is 334 g/mol. The number of fused-ring (bicyclic) bond motifs is 1. The van der Waals surface area contributed by atoms with Gasteiger partial charge in [0.05, 0.1) is 5.52 Å². The second-order valence-electron chi connectivity index (χ2n) is 3.61. The van der Waals surface area contributed by atoms with E-state index in [0.717, 1.165) is 12.1 Å². The number of benzene rings is 1. The maximum absolute atomic E-state index is 13.4. The smallest absolute Gasteiger partial charge is 0.433 e. The van der Waals surface area contributed by atoms with Gasteiger partial charge >= 0.3 is 12.1 Å². The molecule has 0 atom stereocenters. The standard InChI is InChI=1S/C11H4BrF4NO2/c12-5-3-7(11(14,15)16)17-9-4(5)1-2-6(13)8(9)10(18)19/h1-3H,(H,18,19). The van der Waals surface area contributed by atoms with Gasteiger partial charge < -0.3 is 5.11 Å². The van der Waals surface area contributed by atoms with Crippen molar-refractivity contribution in [2.75, 3.05) is 0 Å². The van der Waals surface area contributed by atoms with E-state index >= 15 is 0 Å². The Labute approximate surface area is 112 Å². The molecule has 1 heterocycles. The highest BCUT2D eigenvalue weighted by atomic mass is 79.9. The van der Waals surface area contributed by atoms with Crippen molar-refractivity contribution in [1.82, 2.24) is 4.98 Å². The average molecular weight is 338 g/mol. The lowest BCUT2D eigenvalue weighted by Gasteiger charge is -2.10. The maximum atomic E-state index is 13.4. The van der Waals surface area contributed by atoms with Crippen LogP contribution in [0.25, 0.3) is 10.9 Å². The van der Waals surface area contributed by atoms with Crippen LogP contribution >= 0.6 is 15.9 Å². The van der Waals surface area contributed by atoms with E-state index < -0.39 is 34.7 Å². The second kappa shape index (κ2) is 4.44. The summed E-state index contributed by atoms with van der Waals surface area (Å²) in [4.78, 5) is 14.1. The maximum Gasteiger partial charge on any atom is 0.433 e. The van der Waals surface area contributed by atoms with Crippen molar-refractivity contribution >= 4 is 32.8 Å². The fourth-order valence-corrected chi connectivity index (χ4v) is 2.11. The van der Waals surface area contributed by atoms with Crippen molar-refractivity contribution in [1.29, 1.82) is 0 Å². The number of aromatic nitrogens is 1. The molecule has 100 valence electrons. The number of carboxylic acids is 1. The molecule has 0 saturated carbocycles. The normalized spacial score (nSPS) is 11.8. The fraction of sp³-hybridized carbons (Fsp3) is 0.0909. The van der Waals surface area contributed by atoms with Gasteiger partial charge in [-0.2, -0.15) is 13.2 Å². The van der Waals surface area contributed by atoms with Crippen molar-refractivity contribution in [3.8, 4) is 0 Å². The first-order valence-corrected chi connectivity index (χ1v) is 5.60. The Balaban J connectivity index is 2.91. The molecule has 1 N–H and O–H groups in total. The summed E-state index contributed by atoms with van der Waals surface area (Å²) in [6, 6.07) is 2.74. The number of hydrogen-bond donors (Lipinski definition) is 1. The molecule has 0 aliphatic carbocycles. The van der Waals surface area contributed by atoms with Crippen LogP contribution in [0.2, 0.25) is 0 Å². The summed E-state index contributed by atoms with van der Waals surface area (Å²) in [6.45, 7) is 0. The number of hydrogen-bond acceptors (Lipinski definition) is 2. The second-order valence-corrected chi connectivity index (χ2v) is 4.47. The minimum absolute atomic E-state index is 0.00711. The molecule has 0 saturated heterocycles. The molecule has 0 aliphatic heterocycles. The molecule has 0 spiro atoms. The number of rotatable bonds is 1. The van der Waals surface area contributed by atoms with Crippen LogP contribution in [-0.2, 0) is 6.18 Å². The van der Waals surface area contributed by atoms with Crippen LogP contribution in [0.3, 0.4) is 0 Å². The van der Waals surface area contributed by atoms with Gasteiger partial charge in [-0.15, -0.1) is 0 Å². The summed E-state index contributed by atoms with van der Waals surface area (Å²) in [5, 5.41) is 8.96. The number of aromatic carboxylic acids is 1. The first-order chi connectivity index (χ1) is 8.71. The Bertz CT molecular complexity index is 684. The van der Waals surface area contributed by atoms with Crippen LogP contribution < -0.4 is 0 Å². The lowest BCUT2D eigenvalue weighted by atomic mass is 10.1. The van der Waals surface area contributed by atoms with E-state index in [9.17, 15) is 22.4 Å². The van der Waals surface area contributed by atoms with E-state index in [1.54, 1.807) is 0 Å². The lowest BCUT2D eigenvalue weighted by Crippen LogP contribution is -2.10. The quantitative estimate of drug-likeness (QED) is 0.804. The van der Waals surface area contributed by atoms with Crippen LogP contribution in [0.15, 0.2) is 22.7 Å². The van der Waals surface area contributed by atoms with Crippen LogP contribution in [0.1, 0.15) is 16.1 Å². The van der Waals surface area contributed by atoms with Gasteiger partial charge in [-0.1, -0.05) is 15.9 Å². The molecule has 3 nitrogen and oxygen atoms in total. The zero-order chi connectivity index (χ0) is 14.4.